The van der Waals surface area contributed by atoms with Crippen molar-refractivity contribution in [3.63, 3.8) is 0 Å². The monoisotopic (exact) mass is 260 g/mol. The van der Waals surface area contributed by atoms with Crippen molar-refractivity contribution >= 4 is 17.6 Å². The minimum Gasteiger partial charge on any atom is -0.355 e. The maximum atomic E-state index is 11.9. The summed E-state index contributed by atoms with van der Waals surface area (Å²) in [6, 6.07) is 0. The second-order valence-electron chi connectivity index (χ2n) is 5.41. The van der Waals surface area contributed by atoms with Crippen LogP contribution in [0.15, 0.2) is 6.33 Å². The molecule has 100 valence electrons. The summed E-state index contributed by atoms with van der Waals surface area (Å²) in [7, 11) is 0. The zero-order chi connectivity index (χ0) is 13.6. The molecule has 0 unspecified atom stereocenters. The SMILES string of the molecule is Cc1ncnc(N2CC[C@]3(CC(=O)NC3=O)C2)c1C. The molecule has 1 aromatic rings. The summed E-state index contributed by atoms with van der Waals surface area (Å²) in [5.74, 6) is 0.572. The van der Waals surface area contributed by atoms with Crippen molar-refractivity contribution in [3.8, 4) is 0 Å². The summed E-state index contributed by atoms with van der Waals surface area (Å²) in [4.78, 5) is 33.9. The van der Waals surface area contributed by atoms with Crippen molar-refractivity contribution in [2.75, 3.05) is 18.0 Å². The fraction of sp³-hybridized carbons (Fsp3) is 0.538. The van der Waals surface area contributed by atoms with Crippen molar-refractivity contribution in [2.45, 2.75) is 26.7 Å². The highest BCUT2D eigenvalue weighted by Gasteiger charge is 2.51. The number of amides is 2. The zero-order valence-electron chi connectivity index (χ0n) is 11.1. The van der Waals surface area contributed by atoms with Gasteiger partial charge in [-0.25, -0.2) is 9.97 Å². The molecule has 2 saturated heterocycles. The molecule has 0 aromatic carbocycles. The van der Waals surface area contributed by atoms with E-state index in [9.17, 15) is 9.59 Å². The zero-order valence-corrected chi connectivity index (χ0v) is 11.1. The van der Waals surface area contributed by atoms with E-state index < -0.39 is 5.41 Å². The highest BCUT2D eigenvalue weighted by molar-refractivity contribution is 6.06. The topological polar surface area (TPSA) is 75.2 Å². The average Bonchev–Trinajstić information content (AvgIpc) is 2.88. The fourth-order valence-corrected chi connectivity index (χ4v) is 2.92. The highest BCUT2D eigenvalue weighted by atomic mass is 16.2. The van der Waals surface area contributed by atoms with Crippen LogP contribution in [0.1, 0.15) is 24.1 Å². The summed E-state index contributed by atoms with van der Waals surface area (Å²) >= 11 is 0. The van der Waals surface area contributed by atoms with Crippen LogP contribution in [-0.2, 0) is 9.59 Å². The number of nitrogens with one attached hydrogen (secondary N) is 1. The molecule has 1 atom stereocenters. The van der Waals surface area contributed by atoms with E-state index in [0.29, 0.717) is 19.4 Å². The Balaban J connectivity index is 1.89. The van der Waals surface area contributed by atoms with Crippen LogP contribution in [0, 0.1) is 19.3 Å². The average molecular weight is 260 g/mol. The highest BCUT2D eigenvalue weighted by Crippen LogP contribution is 2.39. The first-order chi connectivity index (χ1) is 9.02. The van der Waals surface area contributed by atoms with Crippen LogP contribution in [0.5, 0.6) is 0 Å². The summed E-state index contributed by atoms with van der Waals surface area (Å²) in [5, 5.41) is 2.41. The molecule has 1 N–H and O–H groups in total. The molecule has 2 fully saturated rings. The van der Waals surface area contributed by atoms with E-state index >= 15 is 0 Å². The number of imide groups is 1. The van der Waals surface area contributed by atoms with E-state index in [1.165, 1.54) is 0 Å². The van der Waals surface area contributed by atoms with Gasteiger partial charge in [-0.2, -0.15) is 0 Å². The van der Waals surface area contributed by atoms with Crippen molar-refractivity contribution in [3.05, 3.63) is 17.6 Å². The molecule has 3 heterocycles. The van der Waals surface area contributed by atoms with Crippen molar-refractivity contribution in [1.29, 1.82) is 0 Å². The van der Waals surface area contributed by atoms with Gasteiger partial charge < -0.3 is 4.90 Å². The number of rotatable bonds is 1. The number of hydrogen-bond acceptors (Lipinski definition) is 5. The van der Waals surface area contributed by atoms with Gasteiger partial charge in [0, 0.05) is 30.8 Å². The lowest BCUT2D eigenvalue weighted by molar-refractivity contribution is -0.127. The molecule has 0 radical (unpaired) electrons. The van der Waals surface area contributed by atoms with Gasteiger partial charge in [0.2, 0.25) is 11.8 Å². The second-order valence-corrected chi connectivity index (χ2v) is 5.41. The minimum absolute atomic E-state index is 0.136. The maximum absolute atomic E-state index is 11.9. The van der Waals surface area contributed by atoms with Crippen LogP contribution in [0.3, 0.4) is 0 Å². The quantitative estimate of drug-likeness (QED) is 0.737. The molecule has 0 aliphatic carbocycles. The van der Waals surface area contributed by atoms with Crippen LogP contribution in [0.4, 0.5) is 5.82 Å². The summed E-state index contributed by atoms with van der Waals surface area (Å²) < 4.78 is 0. The van der Waals surface area contributed by atoms with E-state index in [1.54, 1.807) is 6.33 Å². The fourth-order valence-electron chi connectivity index (χ4n) is 2.92. The van der Waals surface area contributed by atoms with E-state index in [1.807, 2.05) is 13.8 Å². The molecule has 0 saturated carbocycles. The van der Waals surface area contributed by atoms with Crippen molar-refractivity contribution < 1.29 is 9.59 Å². The molecule has 6 heteroatoms. The number of aryl methyl sites for hydroxylation is 1. The van der Waals surface area contributed by atoms with Crippen LogP contribution in [-0.4, -0.2) is 34.9 Å². The van der Waals surface area contributed by atoms with Gasteiger partial charge in [-0.05, 0) is 20.3 Å². The predicted molar refractivity (Wildman–Crippen MR) is 68.5 cm³/mol. The van der Waals surface area contributed by atoms with E-state index in [2.05, 4.69) is 20.2 Å². The number of nitrogens with zero attached hydrogens (tertiary/aromatic N) is 3. The first-order valence-corrected chi connectivity index (χ1v) is 6.39. The number of carbonyl (C=O) groups is 2. The van der Waals surface area contributed by atoms with Crippen molar-refractivity contribution in [2.24, 2.45) is 5.41 Å². The Bertz CT molecular complexity index is 572. The lowest BCUT2D eigenvalue weighted by atomic mass is 9.85. The summed E-state index contributed by atoms with van der Waals surface area (Å²) in [6.45, 7) is 5.23. The van der Waals surface area contributed by atoms with Crippen LogP contribution >= 0.6 is 0 Å². The van der Waals surface area contributed by atoms with Gasteiger partial charge in [0.05, 0.1) is 5.41 Å². The summed E-state index contributed by atoms with van der Waals surface area (Å²) in [6.07, 6.45) is 2.54. The number of carbonyl (C=O) groups excluding carboxylic acids is 2. The first kappa shape index (κ1) is 12.1. The van der Waals surface area contributed by atoms with E-state index in [4.69, 9.17) is 0 Å². The van der Waals surface area contributed by atoms with Gasteiger partial charge in [0.15, 0.2) is 0 Å². The van der Waals surface area contributed by atoms with E-state index in [-0.39, 0.29) is 11.8 Å². The Hall–Kier alpha value is -1.98. The Morgan fingerprint density at radius 3 is 2.79 bits per heavy atom. The molecule has 2 aliphatic rings. The second kappa shape index (κ2) is 4.01. The van der Waals surface area contributed by atoms with Crippen LogP contribution in [0.25, 0.3) is 0 Å². The van der Waals surface area contributed by atoms with Gasteiger partial charge in [-0.15, -0.1) is 0 Å². The Morgan fingerprint density at radius 1 is 1.32 bits per heavy atom. The molecule has 0 bridgehead atoms. The number of anilines is 1. The first-order valence-electron chi connectivity index (χ1n) is 6.39. The summed E-state index contributed by atoms with van der Waals surface area (Å²) in [5.41, 5.74) is 1.42. The molecular weight excluding hydrogens is 244 g/mol. The number of hydrogen-bond donors (Lipinski definition) is 1. The molecule has 6 nitrogen and oxygen atoms in total. The van der Waals surface area contributed by atoms with Crippen molar-refractivity contribution in [1.82, 2.24) is 15.3 Å². The minimum atomic E-state index is -0.553. The largest absolute Gasteiger partial charge is 0.355 e. The maximum Gasteiger partial charge on any atom is 0.235 e. The third-order valence-corrected chi connectivity index (χ3v) is 4.20. The van der Waals surface area contributed by atoms with Gasteiger partial charge in [0.1, 0.15) is 12.1 Å². The molecule has 2 amide bonds. The third kappa shape index (κ3) is 1.78. The molecular formula is C13H16N4O2. The molecule has 3 rings (SSSR count). The van der Waals surface area contributed by atoms with Crippen LogP contribution < -0.4 is 10.2 Å². The van der Waals surface area contributed by atoms with Crippen LogP contribution in [0.2, 0.25) is 0 Å². The third-order valence-electron chi connectivity index (χ3n) is 4.20. The standard InChI is InChI=1S/C13H16N4O2/c1-8-9(2)14-7-15-11(8)17-4-3-13(6-17)5-10(18)16-12(13)19/h7H,3-6H2,1-2H3,(H,16,18,19)/t13-/m0/s1. The van der Waals surface area contributed by atoms with Gasteiger partial charge >= 0.3 is 0 Å². The van der Waals surface area contributed by atoms with Gasteiger partial charge in [-0.1, -0.05) is 0 Å². The molecule has 19 heavy (non-hydrogen) atoms. The molecule has 1 spiro atoms. The molecule has 1 aromatic heterocycles. The van der Waals surface area contributed by atoms with E-state index in [0.717, 1.165) is 23.6 Å². The lowest BCUT2D eigenvalue weighted by Crippen LogP contribution is -2.35. The Morgan fingerprint density at radius 2 is 2.11 bits per heavy atom. The Kier molecular flexibility index (Phi) is 2.55. The normalized spacial score (nSPS) is 26.3. The smallest absolute Gasteiger partial charge is 0.235 e. The van der Waals surface area contributed by atoms with Gasteiger partial charge in [-0.3, -0.25) is 14.9 Å². The Labute approximate surface area is 111 Å². The molecule has 2 aliphatic heterocycles. The van der Waals surface area contributed by atoms with Gasteiger partial charge in [0.25, 0.3) is 0 Å². The number of aromatic nitrogens is 2. The lowest BCUT2D eigenvalue weighted by Gasteiger charge is -2.22. The predicted octanol–water partition coefficient (Wildman–Crippen LogP) is 0.336.